The predicted octanol–water partition coefficient (Wildman–Crippen LogP) is 2.31. The normalized spacial score (nSPS) is 13.2. The topological polar surface area (TPSA) is 123 Å². The van der Waals surface area contributed by atoms with Gasteiger partial charge >= 0.3 is 0 Å². The van der Waals surface area contributed by atoms with Gasteiger partial charge in [0.15, 0.2) is 11.6 Å². The summed E-state index contributed by atoms with van der Waals surface area (Å²) in [7, 11) is 3.10. The number of aryl methyl sites for hydroxylation is 1. The van der Waals surface area contributed by atoms with Crippen LogP contribution in [-0.2, 0) is 11.3 Å². The fourth-order valence-electron chi connectivity index (χ4n) is 3.20. The number of anilines is 3. The number of nitrogens with zero attached hydrogens (tertiary/aromatic N) is 4. The summed E-state index contributed by atoms with van der Waals surface area (Å²) in [5.74, 6) is 0.959. The van der Waals surface area contributed by atoms with Gasteiger partial charge in [-0.3, -0.25) is 9.59 Å². The van der Waals surface area contributed by atoms with Crippen molar-refractivity contribution in [1.29, 1.82) is 0 Å². The molecule has 3 aromatic rings. The largest absolute Gasteiger partial charge is 0.491 e. The van der Waals surface area contributed by atoms with E-state index in [0.717, 1.165) is 18.4 Å². The molecule has 4 rings (SSSR count). The van der Waals surface area contributed by atoms with Crippen LogP contribution in [0.25, 0.3) is 11.0 Å². The van der Waals surface area contributed by atoms with Crippen LogP contribution < -0.4 is 20.7 Å². The maximum Gasteiger partial charge on any atom is 0.254 e. The van der Waals surface area contributed by atoms with Crippen molar-refractivity contribution in [3.8, 4) is 5.75 Å². The van der Waals surface area contributed by atoms with Crippen LogP contribution in [0.3, 0.4) is 0 Å². The Morgan fingerprint density at radius 1 is 1.23 bits per heavy atom. The van der Waals surface area contributed by atoms with E-state index in [1.165, 1.54) is 6.20 Å². The third kappa shape index (κ3) is 3.63. The van der Waals surface area contributed by atoms with Crippen LogP contribution in [0.4, 0.5) is 17.3 Å². The molecule has 1 fully saturated rings. The van der Waals surface area contributed by atoms with Gasteiger partial charge in [-0.15, -0.1) is 0 Å². The van der Waals surface area contributed by atoms with Crippen molar-refractivity contribution < 1.29 is 14.3 Å². The van der Waals surface area contributed by atoms with Crippen LogP contribution >= 0.6 is 0 Å². The summed E-state index contributed by atoms with van der Waals surface area (Å²) in [5.41, 5.74) is 2.27. The van der Waals surface area contributed by atoms with E-state index in [-0.39, 0.29) is 17.7 Å². The molecule has 0 radical (unpaired) electrons. The fourth-order valence-corrected chi connectivity index (χ4v) is 3.20. The number of ether oxygens (including phenoxy) is 1. The molecule has 30 heavy (non-hydrogen) atoms. The van der Waals surface area contributed by atoms with E-state index in [2.05, 4.69) is 30.9 Å². The molecule has 1 aliphatic rings. The molecule has 3 aromatic heterocycles. The van der Waals surface area contributed by atoms with Gasteiger partial charge in [-0.05, 0) is 19.8 Å². The SMILES string of the molecule is CCn1cnc2cnc(Nc3cc(NC(=O)C4CC4)ncc3C(=O)NC)c(OC)c21. The van der Waals surface area contributed by atoms with E-state index >= 15 is 0 Å². The molecule has 156 valence electrons. The second kappa shape index (κ2) is 7.97. The molecule has 0 saturated heterocycles. The van der Waals surface area contributed by atoms with E-state index in [4.69, 9.17) is 4.74 Å². The molecule has 0 bridgehead atoms. The Morgan fingerprint density at radius 2 is 2.03 bits per heavy atom. The molecule has 0 unspecified atom stereocenters. The summed E-state index contributed by atoms with van der Waals surface area (Å²) >= 11 is 0. The molecule has 1 aliphatic carbocycles. The van der Waals surface area contributed by atoms with Crippen LogP contribution in [0.1, 0.15) is 30.1 Å². The Bertz CT molecular complexity index is 1120. The predicted molar refractivity (Wildman–Crippen MR) is 112 cm³/mol. The number of nitrogens with one attached hydrogen (secondary N) is 3. The summed E-state index contributed by atoms with van der Waals surface area (Å²) in [6.45, 7) is 2.72. The van der Waals surface area contributed by atoms with Crippen molar-refractivity contribution in [2.75, 3.05) is 24.8 Å². The number of methoxy groups -OCH3 is 1. The quantitative estimate of drug-likeness (QED) is 0.547. The lowest BCUT2D eigenvalue weighted by atomic mass is 10.2. The summed E-state index contributed by atoms with van der Waals surface area (Å²) in [4.78, 5) is 37.5. The zero-order chi connectivity index (χ0) is 21.3. The second-order valence-corrected chi connectivity index (χ2v) is 6.99. The molecule has 0 spiro atoms. The van der Waals surface area contributed by atoms with Gasteiger partial charge in [0.05, 0.1) is 30.9 Å². The number of rotatable bonds is 7. The highest BCUT2D eigenvalue weighted by Gasteiger charge is 2.30. The molecule has 1 saturated carbocycles. The highest BCUT2D eigenvalue weighted by atomic mass is 16.5. The molecule has 0 aromatic carbocycles. The minimum absolute atomic E-state index is 0.0420. The van der Waals surface area contributed by atoms with Gasteiger partial charge < -0.3 is 25.3 Å². The zero-order valence-corrected chi connectivity index (χ0v) is 17.0. The maximum absolute atomic E-state index is 12.4. The Balaban J connectivity index is 1.75. The van der Waals surface area contributed by atoms with E-state index in [0.29, 0.717) is 40.7 Å². The van der Waals surface area contributed by atoms with E-state index in [1.54, 1.807) is 32.7 Å². The first-order valence-corrected chi connectivity index (χ1v) is 9.73. The number of imidazole rings is 1. The zero-order valence-electron chi connectivity index (χ0n) is 17.0. The molecule has 0 aliphatic heterocycles. The highest BCUT2D eigenvalue weighted by molar-refractivity contribution is 6.01. The Morgan fingerprint density at radius 3 is 2.70 bits per heavy atom. The summed E-state index contributed by atoms with van der Waals surface area (Å²) in [6, 6.07) is 1.62. The third-order valence-corrected chi connectivity index (χ3v) is 4.99. The van der Waals surface area contributed by atoms with Crippen molar-refractivity contribution in [2.45, 2.75) is 26.3 Å². The number of hydrogen-bond acceptors (Lipinski definition) is 7. The maximum atomic E-state index is 12.4. The van der Waals surface area contributed by atoms with Crippen LogP contribution in [0.2, 0.25) is 0 Å². The smallest absolute Gasteiger partial charge is 0.254 e. The third-order valence-electron chi connectivity index (χ3n) is 4.99. The lowest BCUT2D eigenvalue weighted by molar-refractivity contribution is -0.117. The van der Waals surface area contributed by atoms with Crippen LogP contribution in [0, 0.1) is 5.92 Å². The summed E-state index contributed by atoms with van der Waals surface area (Å²) in [5, 5.41) is 8.56. The summed E-state index contributed by atoms with van der Waals surface area (Å²) in [6.07, 6.45) is 6.57. The average molecular weight is 409 g/mol. The van der Waals surface area contributed by atoms with E-state index in [1.807, 2.05) is 11.5 Å². The first kappa shape index (κ1) is 19.6. The van der Waals surface area contributed by atoms with Crippen molar-refractivity contribution in [3.05, 3.63) is 30.4 Å². The van der Waals surface area contributed by atoms with Crippen molar-refractivity contribution in [1.82, 2.24) is 24.8 Å². The first-order valence-electron chi connectivity index (χ1n) is 9.73. The molecular weight excluding hydrogens is 386 g/mol. The molecule has 3 N–H and O–H groups in total. The molecular formula is C20H23N7O3. The number of hydrogen-bond donors (Lipinski definition) is 3. The Hall–Kier alpha value is -3.69. The van der Waals surface area contributed by atoms with Crippen molar-refractivity contribution in [3.63, 3.8) is 0 Å². The number of fused-ring (bicyclic) bond motifs is 1. The van der Waals surface area contributed by atoms with Crippen molar-refractivity contribution >= 4 is 40.2 Å². The van der Waals surface area contributed by atoms with E-state index < -0.39 is 0 Å². The standard InChI is InChI=1S/C20H23N7O3/c1-4-27-10-24-14-9-23-18(17(30-3)16(14)27)25-13-7-15(26-19(28)11-5-6-11)22-8-12(13)20(29)21-2/h7-11H,4-6H2,1-3H3,(H,21,29)(H2,22,23,25,26,28). The van der Waals surface area contributed by atoms with Gasteiger partial charge in [0.1, 0.15) is 16.9 Å². The van der Waals surface area contributed by atoms with Gasteiger partial charge in [0, 0.05) is 31.8 Å². The Kier molecular flexibility index (Phi) is 5.21. The van der Waals surface area contributed by atoms with Gasteiger partial charge in [-0.1, -0.05) is 0 Å². The monoisotopic (exact) mass is 409 g/mol. The van der Waals surface area contributed by atoms with Gasteiger partial charge in [0.25, 0.3) is 5.91 Å². The molecule has 10 heteroatoms. The molecule has 10 nitrogen and oxygen atoms in total. The van der Waals surface area contributed by atoms with Gasteiger partial charge in [-0.25, -0.2) is 15.0 Å². The lowest BCUT2D eigenvalue weighted by Crippen LogP contribution is -2.20. The molecule has 2 amide bonds. The number of carbonyl (C=O) groups excluding carboxylic acids is 2. The second-order valence-electron chi connectivity index (χ2n) is 6.99. The Labute approximate surface area is 173 Å². The number of amides is 2. The first-order chi connectivity index (χ1) is 14.5. The van der Waals surface area contributed by atoms with E-state index in [9.17, 15) is 9.59 Å². The number of carbonyl (C=O) groups is 2. The number of pyridine rings is 2. The van der Waals surface area contributed by atoms with Crippen LogP contribution in [-0.4, -0.2) is 45.5 Å². The van der Waals surface area contributed by atoms with Crippen LogP contribution in [0.5, 0.6) is 5.75 Å². The molecule has 0 atom stereocenters. The molecule has 3 heterocycles. The lowest BCUT2D eigenvalue weighted by Gasteiger charge is -2.15. The highest BCUT2D eigenvalue weighted by Crippen LogP contribution is 2.35. The average Bonchev–Trinajstić information content (AvgIpc) is 3.53. The van der Waals surface area contributed by atoms with Crippen LogP contribution in [0.15, 0.2) is 24.8 Å². The van der Waals surface area contributed by atoms with Gasteiger partial charge in [-0.2, -0.15) is 0 Å². The minimum atomic E-state index is -0.316. The van der Waals surface area contributed by atoms with Crippen molar-refractivity contribution in [2.24, 2.45) is 5.92 Å². The number of aromatic nitrogens is 4. The fraction of sp³-hybridized carbons (Fsp3) is 0.350. The van der Waals surface area contributed by atoms with Gasteiger partial charge in [0.2, 0.25) is 5.91 Å². The summed E-state index contributed by atoms with van der Waals surface area (Å²) < 4.78 is 7.57. The minimum Gasteiger partial charge on any atom is -0.491 e.